The molecule has 0 saturated carbocycles. The fourth-order valence-corrected chi connectivity index (χ4v) is 8.68. The van der Waals surface area contributed by atoms with Crippen LogP contribution >= 0.6 is 0 Å². The van der Waals surface area contributed by atoms with Gasteiger partial charge in [0, 0.05) is 50.6 Å². The minimum atomic E-state index is 0.770. The van der Waals surface area contributed by atoms with E-state index in [9.17, 15) is 5.11 Å². The molecule has 5 heteroatoms. The van der Waals surface area contributed by atoms with Gasteiger partial charge >= 0.3 is 0 Å². The molecule has 1 aliphatic rings. The van der Waals surface area contributed by atoms with E-state index in [1.54, 1.807) is 12.2 Å². The van der Waals surface area contributed by atoms with Gasteiger partial charge < -0.3 is 23.7 Å². The summed E-state index contributed by atoms with van der Waals surface area (Å²) in [4.78, 5) is 4.71. The van der Waals surface area contributed by atoms with Crippen molar-refractivity contribution in [2.45, 2.75) is 26.7 Å². The first kappa shape index (κ1) is 35.9. The molecule has 5 nitrogen and oxygen atoms in total. The third kappa shape index (κ3) is 6.19. The van der Waals surface area contributed by atoms with Gasteiger partial charge in [0.2, 0.25) is 0 Å². The summed E-state index contributed by atoms with van der Waals surface area (Å²) in [5.41, 5.74) is 13.6. The smallest absolute Gasteiger partial charge is 0.162 e. The van der Waals surface area contributed by atoms with E-state index >= 15 is 0 Å². The number of para-hydroxylation sites is 2. The molecule has 9 aromatic rings. The summed E-state index contributed by atoms with van der Waals surface area (Å²) in [5, 5.41) is 14.5. The number of hydrogen-bond donors (Lipinski definition) is 1. The Kier molecular flexibility index (Phi) is 8.99. The van der Waals surface area contributed by atoms with Gasteiger partial charge in [-0.2, -0.15) is 0 Å². The SMILES string of the molecule is C=C(/C=C\C=C/O)c1cccc(N(c2cccc(C)c2)c2c3ccccc3c(N(c3cccc(C)c3)c3cccc4c5c(oc34)CCC=C5)c3oc4ccccc4c23)c1. The van der Waals surface area contributed by atoms with Gasteiger partial charge in [0.05, 0.1) is 28.7 Å². The molecule has 0 spiro atoms. The van der Waals surface area contributed by atoms with Crippen LogP contribution in [-0.2, 0) is 6.42 Å². The molecule has 0 atom stereocenters. The lowest BCUT2D eigenvalue weighted by Crippen LogP contribution is -2.14. The van der Waals surface area contributed by atoms with E-state index in [-0.39, 0.29) is 0 Å². The van der Waals surface area contributed by atoms with Crippen LogP contribution < -0.4 is 9.80 Å². The predicted molar refractivity (Wildman–Crippen MR) is 247 cm³/mol. The number of benzene rings is 7. The first-order chi connectivity index (χ1) is 29.0. The summed E-state index contributed by atoms with van der Waals surface area (Å²) in [5.74, 6) is 1.02. The van der Waals surface area contributed by atoms with Crippen LogP contribution in [0.1, 0.15) is 34.4 Å². The summed E-state index contributed by atoms with van der Waals surface area (Å²) in [7, 11) is 0. The highest BCUT2D eigenvalue weighted by molar-refractivity contribution is 6.28. The van der Waals surface area contributed by atoms with E-state index in [1.165, 1.54) is 0 Å². The molecule has 7 aromatic carbocycles. The predicted octanol–water partition coefficient (Wildman–Crippen LogP) is 15.6. The van der Waals surface area contributed by atoms with E-state index in [0.29, 0.717) is 0 Å². The maximum atomic E-state index is 9.26. The van der Waals surface area contributed by atoms with Crippen LogP contribution in [0.4, 0.5) is 34.1 Å². The molecule has 2 heterocycles. The maximum Gasteiger partial charge on any atom is 0.162 e. The average Bonchev–Trinajstić information content (AvgIpc) is 3.84. The molecule has 0 saturated heterocycles. The van der Waals surface area contributed by atoms with E-state index in [1.807, 2.05) is 12.1 Å². The van der Waals surface area contributed by atoms with Crippen molar-refractivity contribution in [3.8, 4) is 0 Å². The van der Waals surface area contributed by atoms with E-state index in [0.717, 1.165) is 130 Å². The fourth-order valence-electron chi connectivity index (χ4n) is 8.68. The van der Waals surface area contributed by atoms with Crippen LogP contribution in [0.5, 0.6) is 0 Å². The minimum Gasteiger partial charge on any atom is -0.516 e. The van der Waals surface area contributed by atoms with Gasteiger partial charge in [-0.3, -0.25) is 0 Å². The number of furan rings is 2. The normalized spacial score (nSPS) is 12.7. The zero-order chi connectivity index (χ0) is 40.0. The van der Waals surface area contributed by atoms with Gasteiger partial charge in [-0.05, 0) is 97.1 Å². The third-order valence-corrected chi connectivity index (χ3v) is 11.3. The molecule has 0 bridgehead atoms. The number of nitrogens with zero attached hydrogens (tertiary/aromatic N) is 2. The number of aliphatic hydroxyl groups excluding tert-OH is 1. The third-order valence-electron chi connectivity index (χ3n) is 11.3. The van der Waals surface area contributed by atoms with Gasteiger partial charge in [-0.25, -0.2) is 0 Å². The Labute approximate surface area is 343 Å². The van der Waals surface area contributed by atoms with Crippen molar-refractivity contribution in [3.05, 3.63) is 205 Å². The molecule has 10 rings (SSSR count). The summed E-state index contributed by atoms with van der Waals surface area (Å²) < 4.78 is 14.0. The minimum absolute atomic E-state index is 0.770. The average molecular weight is 767 g/mol. The summed E-state index contributed by atoms with van der Waals surface area (Å²) in [6.45, 7) is 8.64. The van der Waals surface area contributed by atoms with Crippen LogP contribution in [0, 0.1) is 13.8 Å². The number of aliphatic hydroxyl groups is 1. The first-order valence-electron chi connectivity index (χ1n) is 20.1. The van der Waals surface area contributed by atoms with Crippen molar-refractivity contribution in [1.29, 1.82) is 0 Å². The lowest BCUT2D eigenvalue weighted by Gasteiger charge is -2.31. The topological polar surface area (TPSA) is 53.0 Å². The molecule has 0 unspecified atom stereocenters. The highest BCUT2D eigenvalue weighted by Crippen LogP contribution is 2.55. The molecule has 286 valence electrons. The van der Waals surface area contributed by atoms with E-state index in [4.69, 9.17) is 8.83 Å². The van der Waals surface area contributed by atoms with Crippen molar-refractivity contribution in [2.24, 2.45) is 0 Å². The van der Waals surface area contributed by atoms with Crippen molar-refractivity contribution in [2.75, 3.05) is 9.80 Å². The van der Waals surface area contributed by atoms with Crippen LogP contribution in [0.25, 0.3) is 55.3 Å². The maximum absolute atomic E-state index is 9.26. The highest BCUT2D eigenvalue weighted by atomic mass is 16.3. The lowest BCUT2D eigenvalue weighted by atomic mass is 9.96. The number of anilines is 6. The number of allylic oxidation sites excluding steroid dienone is 5. The Hall–Kier alpha value is -7.50. The second kappa shape index (κ2) is 14.8. The van der Waals surface area contributed by atoms with Crippen LogP contribution in [0.2, 0.25) is 0 Å². The molecule has 1 N–H and O–H groups in total. The lowest BCUT2D eigenvalue weighted by molar-refractivity contribution is 0.474. The molecule has 2 aromatic heterocycles. The van der Waals surface area contributed by atoms with Crippen molar-refractivity contribution < 1.29 is 13.9 Å². The zero-order valence-corrected chi connectivity index (χ0v) is 33.0. The number of aryl methyl sites for hydroxylation is 3. The molecule has 1 aliphatic carbocycles. The van der Waals surface area contributed by atoms with Gasteiger partial charge in [-0.1, -0.05) is 122 Å². The summed E-state index contributed by atoms with van der Waals surface area (Å²) >= 11 is 0. The molecular formula is C54H42N2O3. The van der Waals surface area contributed by atoms with Gasteiger partial charge in [0.15, 0.2) is 11.2 Å². The first-order valence-corrected chi connectivity index (χ1v) is 20.1. The Morgan fingerprint density at radius 1 is 0.627 bits per heavy atom. The Balaban J connectivity index is 1.34. The second-order valence-corrected chi connectivity index (χ2v) is 15.2. The molecule has 59 heavy (non-hydrogen) atoms. The molecule has 0 aliphatic heterocycles. The van der Waals surface area contributed by atoms with E-state index in [2.05, 4.69) is 176 Å². The molecule has 0 fully saturated rings. The molecular weight excluding hydrogens is 725 g/mol. The van der Waals surface area contributed by atoms with Gasteiger partial charge in [0.1, 0.15) is 11.3 Å². The Bertz CT molecular complexity index is 3190. The zero-order valence-electron chi connectivity index (χ0n) is 33.0. The quantitative estimate of drug-likeness (QED) is 0.0901. The molecule has 0 radical (unpaired) electrons. The van der Waals surface area contributed by atoms with Crippen LogP contribution in [0.15, 0.2) is 186 Å². The summed E-state index contributed by atoms with van der Waals surface area (Å²) in [6.07, 6.45) is 12.6. The van der Waals surface area contributed by atoms with Crippen LogP contribution in [-0.4, -0.2) is 5.11 Å². The second-order valence-electron chi connectivity index (χ2n) is 15.2. The molecule has 0 amide bonds. The van der Waals surface area contributed by atoms with E-state index < -0.39 is 0 Å². The number of hydrogen-bond acceptors (Lipinski definition) is 5. The van der Waals surface area contributed by atoms with Crippen molar-refractivity contribution >= 4 is 89.5 Å². The van der Waals surface area contributed by atoms with Crippen LogP contribution in [0.3, 0.4) is 0 Å². The van der Waals surface area contributed by atoms with Gasteiger partial charge in [-0.15, -0.1) is 0 Å². The highest BCUT2D eigenvalue weighted by Gasteiger charge is 2.31. The van der Waals surface area contributed by atoms with Crippen molar-refractivity contribution in [3.63, 3.8) is 0 Å². The number of rotatable bonds is 9. The van der Waals surface area contributed by atoms with Crippen molar-refractivity contribution in [1.82, 2.24) is 0 Å². The summed E-state index contributed by atoms with van der Waals surface area (Å²) in [6, 6.07) is 49.3. The van der Waals surface area contributed by atoms with Gasteiger partial charge in [0.25, 0.3) is 0 Å². The Morgan fingerprint density at radius 2 is 1.27 bits per heavy atom. The fraction of sp³-hybridized carbons (Fsp3) is 0.0741. The monoisotopic (exact) mass is 766 g/mol. The Morgan fingerprint density at radius 3 is 2.02 bits per heavy atom. The standard InChI is InChI=1S/C54H42N2O3/c1-35-16-12-20-39(32-35)55(41-22-14-19-38(34-41)37(3)18-10-11-31-57)51-43-24-4-5-25-44(43)52(54-50(51)46-26-7-9-30-49(46)59-54)56(40-21-13-17-36(2)33-40)47-28-15-27-45-42-23-6-8-29-48(42)58-53(45)47/h4-7,9-28,30-34,57H,3,8,29H2,1-2H3/b18-10-,31-11-. The largest absolute Gasteiger partial charge is 0.516 e. The number of fused-ring (bicyclic) bond motifs is 7.